The first kappa shape index (κ1) is 21.5. The van der Waals surface area contributed by atoms with Crippen LogP contribution in [0.2, 0.25) is 5.02 Å². The second kappa shape index (κ2) is 8.05. The maximum absolute atomic E-state index is 6.74. The number of methoxy groups -OCH3 is 3. The number of anilines is 2. The van der Waals surface area contributed by atoms with Crippen molar-refractivity contribution in [3.05, 3.63) is 35.0 Å². The minimum atomic E-state index is -0.227. The highest BCUT2D eigenvalue weighted by Gasteiger charge is 2.35. The molecule has 7 nitrogen and oxygen atoms in total. The van der Waals surface area contributed by atoms with Gasteiger partial charge in [-0.3, -0.25) is 0 Å². The number of fused-ring (bicyclic) bond motifs is 1. The van der Waals surface area contributed by atoms with Crippen LogP contribution in [0.15, 0.2) is 24.4 Å². The molecule has 0 amide bonds. The van der Waals surface area contributed by atoms with Gasteiger partial charge in [-0.2, -0.15) is 0 Å². The molecule has 1 atom stereocenters. The van der Waals surface area contributed by atoms with E-state index >= 15 is 0 Å². The maximum atomic E-state index is 6.74. The number of ether oxygens (including phenoxy) is 3. The van der Waals surface area contributed by atoms with Crippen molar-refractivity contribution < 1.29 is 14.2 Å². The Bertz CT molecular complexity index is 1130. The van der Waals surface area contributed by atoms with Gasteiger partial charge >= 0.3 is 0 Å². The predicted molar refractivity (Wildman–Crippen MR) is 124 cm³/mol. The number of rotatable bonds is 5. The van der Waals surface area contributed by atoms with Gasteiger partial charge in [-0.25, -0.2) is 9.97 Å². The first-order valence-corrected chi connectivity index (χ1v) is 10.5. The fourth-order valence-corrected chi connectivity index (χ4v) is 4.53. The summed E-state index contributed by atoms with van der Waals surface area (Å²) < 4.78 is 16.8. The maximum Gasteiger partial charge on any atom is 0.141 e. The van der Waals surface area contributed by atoms with Crippen LogP contribution in [0.1, 0.15) is 18.9 Å². The molecule has 2 aromatic heterocycles. The Balaban J connectivity index is 1.97. The third-order valence-electron chi connectivity index (χ3n) is 6.08. The van der Waals surface area contributed by atoms with Gasteiger partial charge in [-0.15, -0.1) is 0 Å². The third-order valence-corrected chi connectivity index (χ3v) is 6.46. The van der Waals surface area contributed by atoms with E-state index in [4.69, 9.17) is 36.5 Å². The number of aromatic nitrogens is 2. The summed E-state index contributed by atoms with van der Waals surface area (Å²) in [5.74, 6) is 2.50. The molecule has 164 valence electrons. The van der Waals surface area contributed by atoms with Crippen LogP contribution in [-0.2, 0) is 4.74 Å². The molecule has 0 radical (unpaired) electrons. The fraction of sp³-hybridized carbons (Fsp3) is 0.391. The molecule has 0 spiro atoms. The Morgan fingerprint density at radius 2 is 1.87 bits per heavy atom. The predicted octanol–water partition coefficient (Wildman–Crippen LogP) is 4.47. The summed E-state index contributed by atoms with van der Waals surface area (Å²) in [6.07, 6.45) is 2.68. The van der Waals surface area contributed by atoms with E-state index in [-0.39, 0.29) is 5.60 Å². The molecule has 1 saturated heterocycles. The van der Waals surface area contributed by atoms with Gasteiger partial charge in [0.15, 0.2) is 0 Å². The Morgan fingerprint density at radius 3 is 2.52 bits per heavy atom. The van der Waals surface area contributed by atoms with Gasteiger partial charge in [0.2, 0.25) is 0 Å². The van der Waals surface area contributed by atoms with Gasteiger partial charge in [0.1, 0.15) is 23.1 Å². The Hall–Kier alpha value is -2.77. The number of nitrogen functional groups attached to an aromatic ring is 1. The van der Waals surface area contributed by atoms with Gasteiger partial charge in [-0.05, 0) is 32.4 Å². The van der Waals surface area contributed by atoms with Gasteiger partial charge in [0, 0.05) is 54.4 Å². The number of hydrogen-bond donors (Lipinski definition) is 1. The van der Waals surface area contributed by atoms with Crippen LogP contribution in [0.3, 0.4) is 0 Å². The lowest BCUT2D eigenvalue weighted by atomic mass is 10.0. The second-order valence-electron chi connectivity index (χ2n) is 8.08. The zero-order valence-electron chi connectivity index (χ0n) is 18.5. The zero-order chi connectivity index (χ0) is 22.3. The molecule has 0 saturated carbocycles. The van der Waals surface area contributed by atoms with E-state index < -0.39 is 0 Å². The van der Waals surface area contributed by atoms with E-state index in [1.165, 1.54) is 0 Å². The van der Waals surface area contributed by atoms with E-state index in [0.29, 0.717) is 22.3 Å². The van der Waals surface area contributed by atoms with E-state index in [2.05, 4.69) is 16.8 Å². The lowest BCUT2D eigenvalue weighted by Gasteiger charge is -2.25. The molecule has 1 fully saturated rings. The molecule has 31 heavy (non-hydrogen) atoms. The SMILES string of the molecule is COc1cc(OC)c(Cl)c(-c2cc3cnc(N)cc3c(N3CCC(C)(OC)C3)n2)c1C. The zero-order valence-corrected chi connectivity index (χ0v) is 19.2. The van der Waals surface area contributed by atoms with E-state index in [1.54, 1.807) is 33.6 Å². The first-order chi connectivity index (χ1) is 14.8. The molecule has 1 aromatic carbocycles. The Morgan fingerprint density at radius 1 is 1.13 bits per heavy atom. The van der Waals surface area contributed by atoms with Crippen LogP contribution < -0.4 is 20.1 Å². The summed E-state index contributed by atoms with van der Waals surface area (Å²) in [4.78, 5) is 11.6. The molecule has 2 N–H and O–H groups in total. The van der Waals surface area contributed by atoms with Crippen molar-refractivity contribution in [2.24, 2.45) is 0 Å². The molecule has 1 aliphatic rings. The van der Waals surface area contributed by atoms with Crippen LogP contribution in [0, 0.1) is 6.92 Å². The monoisotopic (exact) mass is 442 g/mol. The molecule has 0 bridgehead atoms. The number of nitrogens with zero attached hydrogens (tertiary/aromatic N) is 3. The lowest BCUT2D eigenvalue weighted by molar-refractivity contribution is 0.0257. The highest BCUT2D eigenvalue weighted by atomic mass is 35.5. The van der Waals surface area contributed by atoms with Crippen LogP contribution in [-0.4, -0.2) is 50.0 Å². The van der Waals surface area contributed by atoms with Crippen molar-refractivity contribution in [3.8, 4) is 22.8 Å². The highest BCUT2D eigenvalue weighted by molar-refractivity contribution is 6.35. The first-order valence-electron chi connectivity index (χ1n) is 10.1. The summed E-state index contributed by atoms with van der Waals surface area (Å²) in [6.45, 7) is 5.63. The van der Waals surface area contributed by atoms with Crippen molar-refractivity contribution >= 4 is 34.0 Å². The summed E-state index contributed by atoms with van der Waals surface area (Å²) in [7, 11) is 4.96. The van der Waals surface area contributed by atoms with E-state index in [9.17, 15) is 0 Å². The average molecular weight is 443 g/mol. The minimum absolute atomic E-state index is 0.227. The standard InChI is InChI=1S/C23H27ClN4O3/c1-13-17(29-3)10-18(30-4)21(24)20(13)16-8-14-11-26-19(25)9-15(14)22(27-16)28-7-6-23(2,12-28)31-5/h8-11H,6-7,12H2,1-5H3,(H2,25,26). The molecule has 3 heterocycles. The average Bonchev–Trinajstić information content (AvgIpc) is 3.16. The van der Waals surface area contributed by atoms with Gasteiger partial charge in [0.05, 0.1) is 30.5 Å². The topological polar surface area (TPSA) is 82.7 Å². The molecule has 1 aliphatic heterocycles. The normalized spacial score (nSPS) is 18.6. The summed E-state index contributed by atoms with van der Waals surface area (Å²) in [5, 5.41) is 2.36. The van der Waals surface area contributed by atoms with Crippen molar-refractivity contribution in [1.82, 2.24) is 9.97 Å². The fourth-order valence-electron chi connectivity index (χ4n) is 4.16. The van der Waals surface area contributed by atoms with Crippen molar-refractivity contribution in [2.75, 3.05) is 45.1 Å². The summed E-state index contributed by atoms with van der Waals surface area (Å²) in [6, 6.07) is 5.63. The number of pyridine rings is 2. The molecule has 4 rings (SSSR count). The van der Waals surface area contributed by atoms with Gasteiger partial charge in [-0.1, -0.05) is 11.6 Å². The molecule has 1 unspecified atom stereocenters. The van der Waals surface area contributed by atoms with Crippen LogP contribution in [0.4, 0.5) is 11.6 Å². The molecule has 3 aromatic rings. The number of nitrogens with two attached hydrogens (primary N) is 1. The number of benzene rings is 1. The quantitative estimate of drug-likeness (QED) is 0.623. The lowest BCUT2D eigenvalue weighted by Crippen LogP contribution is -2.32. The van der Waals surface area contributed by atoms with Gasteiger partial charge in [0.25, 0.3) is 0 Å². The molecular weight excluding hydrogens is 416 g/mol. The third kappa shape index (κ3) is 3.72. The van der Waals surface area contributed by atoms with Crippen LogP contribution >= 0.6 is 11.6 Å². The largest absolute Gasteiger partial charge is 0.496 e. The number of hydrogen-bond acceptors (Lipinski definition) is 7. The number of halogens is 1. The molecule has 8 heteroatoms. The Kier molecular flexibility index (Phi) is 5.58. The highest BCUT2D eigenvalue weighted by Crippen LogP contribution is 2.44. The molecule has 0 aliphatic carbocycles. The molecular formula is C23H27ClN4O3. The van der Waals surface area contributed by atoms with Crippen molar-refractivity contribution in [3.63, 3.8) is 0 Å². The minimum Gasteiger partial charge on any atom is -0.496 e. The van der Waals surface area contributed by atoms with Gasteiger partial charge < -0.3 is 24.8 Å². The smallest absolute Gasteiger partial charge is 0.141 e. The second-order valence-corrected chi connectivity index (χ2v) is 8.46. The van der Waals surface area contributed by atoms with Crippen LogP contribution in [0.25, 0.3) is 22.0 Å². The van der Waals surface area contributed by atoms with Crippen molar-refractivity contribution in [1.29, 1.82) is 0 Å². The Labute approximate surface area is 187 Å². The van der Waals surface area contributed by atoms with Crippen LogP contribution in [0.5, 0.6) is 11.5 Å². The summed E-state index contributed by atoms with van der Waals surface area (Å²) >= 11 is 6.74. The van der Waals surface area contributed by atoms with E-state index in [1.807, 2.05) is 19.1 Å². The summed E-state index contributed by atoms with van der Waals surface area (Å²) in [5.41, 5.74) is 8.16. The van der Waals surface area contributed by atoms with Crippen molar-refractivity contribution in [2.45, 2.75) is 25.9 Å². The van der Waals surface area contributed by atoms with E-state index in [0.717, 1.165) is 52.9 Å².